The summed E-state index contributed by atoms with van der Waals surface area (Å²) in [6.45, 7) is 3.40. The molecule has 1 aromatic carbocycles. The molecule has 0 amide bonds. The van der Waals surface area contributed by atoms with Crippen LogP contribution in [0.25, 0.3) is 0 Å². The summed E-state index contributed by atoms with van der Waals surface area (Å²) in [6.07, 6.45) is 20.0. The van der Waals surface area contributed by atoms with E-state index in [2.05, 4.69) is 42.6 Å². The van der Waals surface area contributed by atoms with Crippen molar-refractivity contribution in [2.75, 3.05) is 11.9 Å². The van der Waals surface area contributed by atoms with Gasteiger partial charge in [0.05, 0.1) is 0 Å². The van der Waals surface area contributed by atoms with E-state index in [4.69, 9.17) is 0 Å². The first-order valence-electron chi connectivity index (χ1n) is 10.2. The Hall–Kier alpha value is -0.980. The van der Waals surface area contributed by atoms with Gasteiger partial charge in [0.2, 0.25) is 0 Å². The quantitative estimate of drug-likeness (QED) is 0.310. The molecule has 0 saturated heterocycles. The molecule has 132 valence electrons. The fourth-order valence-corrected chi connectivity index (χ4v) is 3.11. The van der Waals surface area contributed by atoms with Gasteiger partial charge in [-0.05, 0) is 18.6 Å². The van der Waals surface area contributed by atoms with Crippen molar-refractivity contribution in [3.05, 3.63) is 30.3 Å². The van der Waals surface area contributed by atoms with Crippen LogP contribution in [0.15, 0.2) is 30.3 Å². The normalized spacial score (nSPS) is 10.8. The van der Waals surface area contributed by atoms with Gasteiger partial charge in [-0.3, -0.25) is 0 Å². The van der Waals surface area contributed by atoms with Gasteiger partial charge in [0, 0.05) is 12.2 Å². The number of hydrogen-bond acceptors (Lipinski definition) is 1. The van der Waals surface area contributed by atoms with Crippen molar-refractivity contribution >= 4 is 5.69 Å². The molecule has 0 aliphatic heterocycles. The summed E-state index contributed by atoms with van der Waals surface area (Å²) in [4.78, 5) is 0. The molecule has 0 bridgehead atoms. The highest BCUT2D eigenvalue weighted by atomic mass is 14.9. The van der Waals surface area contributed by atoms with Gasteiger partial charge in [0.25, 0.3) is 0 Å². The number of anilines is 1. The summed E-state index contributed by atoms with van der Waals surface area (Å²) in [6, 6.07) is 10.5. The minimum absolute atomic E-state index is 1.11. The second-order valence-electron chi connectivity index (χ2n) is 6.89. The molecule has 1 nitrogen and oxygen atoms in total. The summed E-state index contributed by atoms with van der Waals surface area (Å²) in [7, 11) is 0. The van der Waals surface area contributed by atoms with Gasteiger partial charge in [-0.1, -0.05) is 109 Å². The van der Waals surface area contributed by atoms with E-state index >= 15 is 0 Å². The molecular weight excluding hydrogens is 278 g/mol. The minimum atomic E-state index is 1.11. The molecule has 0 aliphatic rings. The lowest BCUT2D eigenvalue weighted by Crippen LogP contribution is -2.00. The molecule has 0 aromatic heterocycles. The molecule has 0 saturated carbocycles. The number of hydrogen-bond donors (Lipinski definition) is 1. The third-order valence-electron chi connectivity index (χ3n) is 4.63. The molecule has 0 atom stereocenters. The second-order valence-corrected chi connectivity index (χ2v) is 6.89. The highest BCUT2D eigenvalue weighted by Gasteiger charge is 1.94. The standard InChI is InChI=1S/C22H39N/c1-2-3-4-5-6-7-8-9-10-11-12-13-14-18-21-23-22-19-16-15-17-20-22/h15-17,19-20,23H,2-14,18,21H2,1H3. The van der Waals surface area contributed by atoms with Crippen LogP contribution in [0, 0.1) is 0 Å². The zero-order valence-corrected chi connectivity index (χ0v) is 15.5. The van der Waals surface area contributed by atoms with Crippen molar-refractivity contribution in [3.8, 4) is 0 Å². The van der Waals surface area contributed by atoms with Gasteiger partial charge >= 0.3 is 0 Å². The average Bonchev–Trinajstić information content (AvgIpc) is 2.59. The Bertz CT molecular complexity index is 333. The van der Waals surface area contributed by atoms with Crippen LogP contribution in [0.3, 0.4) is 0 Å². The van der Waals surface area contributed by atoms with Crippen molar-refractivity contribution in [1.82, 2.24) is 0 Å². The highest BCUT2D eigenvalue weighted by molar-refractivity contribution is 5.42. The highest BCUT2D eigenvalue weighted by Crippen LogP contribution is 2.13. The molecule has 0 spiro atoms. The van der Waals surface area contributed by atoms with Gasteiger partial charge in [-0.2, -0.15) is 0 Å². The summed E-state index contributed by atoms with van der Waals surface area (Å²) in [5, 5.41) is 3.49. The monoisotopic (exact) mass is 317 g/mol. The van der Waals surface area contributed by atoms with Crippen LogP contribution in [-0.4, -0.2) is 6.54 Å². The van der Waals surface area contributed by atoms with E-state index in [9.17, 15) is 0 Å². The molecule has 1 rings (SSSR count). The first-order chi connectivity index (χ1) is 11.4. The Kier molecular flexibility index (Phi) is 13.9. The summed E-state index contributed by atoms with van der Waals surface area (Å²) in [5.74, 6) is 0. The third kappa shape index (κ3) is 13.2. The SMILES string of the molecule is CCCCCCCCCCCCCCCCNc1ccccc1. The molecule has 0 aliphatic carbocycles. The topological polar surface area (TPSA) is 12.0 Å². The van der Waals surface area contributed by atoms with Crippen LogP contribution < -0.4 is 5.32 Å². The largest absolute Gasteiger partial charge is 0.385 e. The number of benzene rings is 1. The van der Waals surface area contributed by atoms with E-state index in [0.717, 1.165) is 6.54 Å². The molecule has 0 unspecified atom stereocenters. The first-order valence-corrected chi connectivity index (χ1v) is 10.2. The lowest BCUT2D eigenvalue weighted by atomic mass is 10.0. The number of unbranched alkanes of at least 4 members (excludes halogenated alkanes) is 13. The molecule has 0 fully saturated rings. The third-order valence-corrected chi connectivity index (χ3v) is 4.63. The zero-order chi connectivity index (χ0) is 16.4. The van der Waals surface area contributed by atoms with Crippen molar-refractivity contribution in [1.29, 1.82) is 0 Å². The molecule has 0 radical (unpaired) electrons. The summed E-state index contributed by atoms with van der Waals surface area (Å²) >= 11 is 0. The zero-order valence-electron chi connectivity index (χ0n) is 15.5. The van der Waals surface area contributed by atoms with Crippen LogP contribution in [0.1, 0.15) is 96.8 Å². The first kappa shape index (κ1) is 20.1. The van der Waals surface area contributed by atoms with Crippen LogP contribution >= 0.6 is 0 Å². The van der Waals surface area contributed by atoms with E-state index in [1.165, 1.54) is 95.6 Å². The van der Waals surface area contributed by atoms with Crippen LogP contribution in [-0.2, 0) is 0 Å². The lowest BCUT2D eigenvalue weighted by Gasteiger charge is -2.06. The maximum Gasteiger partial charge on any atom is 0.0340 e. The molecule has 23 heavy (non-hydrogen) atoms. The number of rotatable bonds is 16. The summed E-state index contributed by atoms with van der Waals surface area (Å²) in [5.41, 5.74) is 1.25. The van der Waals surface area contributed by atoms with E-state index in [1.807, 2.05) is 0 Å². The van der Waals surface area contributed by atoms with Crippen molar-refractivity contribution in [2.45, 2.75) is 96.8 Å². The Morgan fingerprint density at radius 1 is 0.565 bits per heavy atom. The number of nitrogens with one attached hydrogen (secondary N) is 1. The van der Waals surface area contributed by atoms with Crippen LogP contribution in [0.2, 0.25) is 0 Å². The van der Waals surface area contributed by atoms with E-state index in [0.29, 0.717) is 0 Å². The average molecular weight is 318 g/mol. The molecule has 1 aromatic rings. The van der Waals surface area contributed by atoms with E-state index in [1.54, 1.807) is 0 Å². The van der Waals surface area contributed by atoms with Crippen LogP contribution in [0.5, 0.6) is 0 Å². The van der Waals surface area contributed by atoms with Gasteiger partial charge in [-0.15, -0.1) is 0 Å². The summed E-state index contributed by atoms with van der Waals surface area (Å²) < 4.78 is 0. The Balaban J connectivity index is 1.72. The number of para-hydroxylation sites is 1. The second kappa shape index (κ2) is 15.9. The van der Waals surface area contributed by atoms with E-state index in [-0.39, 0.29) is 0 Å². The van der Waals surface area contributed by atoms with Gasteiger partial charge in [0.15, 0.2) is 0 Å². The Labute approximate surface area is 145 Å². The molecule has 0 heterocycles. The lowest BCUT2D eigenvalue weighted by molar-refractivity contribution is 0.537. The van der Waals surface area contributed by atoms with Crippen molar-refractivity contribution in [2.24, 2.45) is 0 Å². The van der Waals surface area contributed by atoms with Crippen molar-refractivity contribution in [3.63, 3.8) is 0 Å². The van der Waals surface area contributed by atoms with Gasteiger partial charge in [-0.25, -0.2) is 0 Å². The van der Waals surface area contributed by atoms with E-state index < -0.39 is 0 Å². The predicted octanol–water partition coefficient (Wildman–Crippen LogP) is 7.58. The molecule has 1 N–H and O–H groups in total. The smallest absolute Gasteiger partial charge is 0.0340 e. The van der Waals surface area contributed by atoms with Gasteiger partial charge < -0.3 is 5.32 Å². The Morgan fingerprint density at radius 2 is 1.00 bits per heavy atom. The fourth-order valence-electron chi connectivity index (χ4n) is 3.11. The molecular formula is C22H39N. The Morgan fingerprint density at radius 3 is 1.48 bits per heavy atom. The minimum Gasteiger partial charge on any atom is -0.385 e. The fraction of sp³-hybridized carbons (Fsp3) is 0.727. The maximum absolute atomic E-state index is 3.49. The predicted molar refractivity (Wildman–Crippen MR) is 105 cm³/mol. The molecule has 1 heteroatoms. The van der Waals surface area contributed by atoms with Crippen LogP contribution in [0.4, 0.5) is 5.69 Å². The maximum atomic E-state index is 3.49. The van der Waals surface area contributed by atoms with Crippen molar-refractivity contribution < 1.29 is 0 Å². The van der Waals surface area contributed by atoms with Gasteiger partial charge in [0.1, 0.15) is 0 Å².